The molecule has 4 nitrogen and oxygen atoms in total. The third-order valence-electron chi connectivity index (χ3n) is 5.33. The van der Waals surface area contributed by atoms with E-state index < -0.39 is 0 Å². The monoisotopic (exact) mass is 423 g/mol. The molecule has 0 spiro atoms. The summed E-state index contributed by atoms with van der Waals surface area (Å²) in [6.45, 7) is 3.01. The molecule has 0 aromatic heterocycles. The lowest BCUT2D eigenvalue weighted by atomic mass is 10.0. The number of likely N-dealkylation sites (N-methyl/N-ethyl adjacent to an activating group) is 1. The minimum Gasteiger partial charge on any atom is -0.399 e. The van der Waals surface area contributed by atoms with Crippen molar-refractivity contribution in [2.75, 3.05) is 25.9 Å². The summed E-state index contributed by atoms with van der Waals surface area (Å²) in [5, 5.41) is 0. The summed E-state index contributed by atoms with van der Waals surface area (Å²) in [4.78, 5) is 17.1. The van der Waals surface area contributed by atoms with Crippen LogP contribution in [0.25, 0.3) is 0 Å². The average molecular weight is 424 g/mol. The highest BCUT2D eigenvalue weighted by Gasteiger charge is 2.25. The summed E-state index contributed by atoms with van der Waals surface area (Å²) in [7, 11) is 1.95. The van der Waals surface area contributed by atoms with Gasteiger partial charge in [0.15, 0.2) is 0 Å². The van der Waals surface area contributed by atoms with E-state index in [1.165, 1.54) is 5.56 Å². The van der Waals surface area contributed by atoms with Crippen LogP contribution >= 0.6 is 24.8 Å². The van der Waals surface area contributed by atoms with Gasteiger partial charge in [0, 0.05) is 38.3 Å². The van der Waals surface area contributed by atoms with Crippen LogP contribution in [-0.2, 0) is 17.8 Å². The van der Waals surface area contributed by atoms with Gasteiger partial charge < -0.3 is 10.6 Å². The van der Waals surface area contributed by atoms with Crippen molar-refractivity contribution in [3.8, 4) is 0 Å². The van der Waals surface area contributed by atoms with Gasteiger partial charge >= 0.3 is 0 Å². The van der Waals surface area contributed by atoms with Gasteiger partial charge in [-0.1, -0.05) is 48.5 Å². The van der Waals surface area contributed by atoms with Gasteiger partial charge in [-0.25, -0.2) is 0 Å². The Bertz CT molecular complexity index is 727. The van der Waals surface area contributed by atoms with Crippen molar-refractivity contribution >= 4 is 36.4 Å². The maximum Gasteiger partial charge on any atom is 0.222 e. The third-order valence-corrected chi connectivity index (χ3v) is 5.33. The number of rotatable bonds is 6. The van der Waals surface area contributed by atoms with E-state index in [-0.39, 0.29) is 30.7 Å². The van der Waals surface area contributed by atoms with Gasteiger partial charge in [0.25, 0.3) is 0 Å². The molecule has 154 valence electrons. The van der Waals surface area contributed by atoms with Crippen molar-refractivity contribution in [2.45, 2.75) is 38.3 Å². The fraction of sp³-hybridized carbons (Fsp3) is 0.409. The Labute approximate surface area is 180 Å². The molecule has 1 aliphatic rings. The fourth-order valence-electron chi connectivity index (χ4n) is 3.72. The first-order valence-corrected chi connectivity index (χ1v) is 9.49. The van der Waals surface area contributed by atoms with Gasteiger partial charge in [-0.15, -0.1) is 24.8 Å². The quantitative estimate of drug-likeness (QED) is 0.709. The van der Waals surface area contributed by atoms with Gasteiger partial charge in [-0.05, 0) is 43.0 Å². The van der Waals surface area contributed by atoms with Crippen molar-refractivity contribution < 1.29 is 4.79 Å². The van der Waals surface area contributed by atoms with Crippen molar-refractivity contribution in [1.29, 1.82) is 0 Å². The standard InChI is InChI=1S/C22H29N3O.2ClH/c1-24(22(26)14-13-19-10-5-6-12-21(19)23)20-11-7-15-25(17-20)16-18-8-3-2-4-9-18;;/h2-6,8-10,12,20H,7,11,13-17,23H2,1H3;2*1H. The van der Waals surface area contributed by atoms with Crippen LogP contribution in [0.4, 0.5) is 5.69 Å². The summed E-state index contributed by atoms with van der Waals surface area (Å²) in [5.74, 6) is 0.208. The maximum atomic E-state index is 12.7. The van der Waals surface area contributed by atoms with Crippen LogP contribution in [0, 0.1) is 0 Å². The third kappa shape index (κ3) is 6.69. The highest BCUT2D eigenvalue weighted by atomic mass is 35.5. The number of nitrogens with zero attached hydrogens (tertiary/aromatic N) is 2. The van der Waals surface area contributed by atoms with Crippen molar-refractivity contribution in [2.24, 2.45) is 0 Å². The number of hydrogen-bond donors (Lipinski definition) is 1. The van der Waals surface area contributed by atoms with E-state index in [0.29, 0.717) is 18.9 Å². The first kappa shape index (κ1) is 24.3. The Morgan fingerprint density at radius 2 is 1.79 bits per heavy atom. The molecule has 0 aliphatic carbocycles. The van der Waals surface area contributed by atoms with E-state index >= 15 is 0 Å². The topological polar surface area (TPSA) is 49.6 Å². The predicted molar refractivity (Wildman–Crippen MR) is 121 cm³/mol. The number of halogens is 2. The van der Waals surface area contributed by atoms with E-state index in [1.807, 2.05) is 36.2 Å². The number of piperidine rings is 1. The van der Waals surface area contributed by atoms with Gasteiger partial charge in [0.1, 0.15) is 0 Å². The summed E-state index contributed by atoms with van der Waals surface area (Å²) >= 11 is 0. The number of amides is 1. The molecule has 2 aromatic carbocycles. The Balaban J connectivity index is 0.00000196. The van der Waals surface area contributed by atoms with Gasteiger partial charge in [-0.2, -0.15) is 0 Å². The molecule has 0 bridgehead atoms. The van der Waals surface area contributed by atoms with Crippen molar-refractivity contribution in [1.82, 2.24) is 9.80 Å². The van der Waals surface area contributed by atoms with Crippen molar-refractivity contribution in [3.63, 3.8) is 0 Å². The number of nitrogens with two attached hydrogens (primary N) is 1. The minimum absolute atomic E-state index is 0. The zero-order chi connectivity index (χ0) is 18.4. The van der Waals surface area contributed by atoms with Crippen LogP contribution in [0.15, 0.2) is 54.6 Å². The minimum atomic E-state index is 0. The van der Waals surface area contributed by atoms with E-state index in [1.54, 1.807) is 0 Å². The van der Waals surface area contributed by atoms with Crippen molar-refractivity contribution in [3.05, 3.63) is 65.7 Å². The summed E-state index contributed by atoms with van der Waals surface area (Å²) < 4.78 is 0. The Hall–Kier alpha value is -1.75. The molecule has 2 aromatic rings. The molecule has 1 heterocycles. The van der Waals surface area contributed by atoms with E-state index in [0.717, 1.165) is 43.7 Å². The Kier molecular flexibility index (Phi) is 10.4. The first-order valence-electron chi connectivity index (χ1n) is 9.49. The summed E-state index contributed by atoms with van der Waals surface area (Å²) in [5.41, 5.74) is 9.15. The smallest absolute Gasteiger partial charge is 0.222 e. The number of aryl methyl sites for hydroxylation is 1. The molecule has 1 aliphatic heterocycles. The Morgan fingerprint density at radius 3 is 2.50 bits per heavy atom. The molecule has 0 saturated carbocycles. The molecule has 2 N–H and O–H groups in total. The molecular weight excluding hydrogens is 393 g/mol. The van der Waals surface area contributed by atoms with Gasteiger partial charge in [-0.3, -0.25) is 9.69 Å². The van der Waals surface area contributed by atoms with Crippen LogP contribution in [0.2, 0.25) is 0 Å². The fourth-order valence-corrected chi connectivity index (χ4v) is 3.72. The largest absolute Gasteiger partial charge is 0.399 e. The number of hydrogen-bond acceptors (Lipinski definition) is 3. The second-order valence-corrected chi connectivity index (χ2v) is 7.22. The lowest BCUT2D eigenvalue weighted by molar-refractivity contribution is -0.133. The zero-order valence-electron chi connectivity index (χ0n) is 16.4. The molecule has 1 atom stereocenters. The highest BCUT2D eigenvalue weighted by molar-refractivity contribution is 5.85. The molecule has 1 unspecified atom stereocenters. The molecule has 28 heavy (non-hydrogen) atoms. The van der Waals surface area contributed by atoms with Crippen LogP contribution in [0.1, 0.15) is 30.4 Å². The maximum absolute atomic E-state index is 12.7. The number of carbonyl (C=O) groups is 1. The molecule has 1 saturated heterocycles. The number of anilines is 1. The number of benzene rings is 2. The second kappa shape index (κ2) is 11.9. The van der Waals surface area contributed by atoms with E-state index in [4.69, 9.17) is 5.73 Å². The van der Waals surface area contributed by atoms with Gasteiger partial charge in [0.2, 0.25) is 5.91 Å². The molecule has 1 fully saturated rings. The van der Waals surface area contributed by atoms with Crippen LogP contribution in [-0.4, -0.2) is 41.9 Å². The molecule has 1 amide bonds. The normalized spacial score (nSPS) is 16.5. The number of nitrogen functional groups attached to an aromatic ring is 1. The summed E-state index contributed by atoms with van der Waals surface area (Å²) in [6, 6.07) is 18.7. The number of likely N-dealkylation sites (tertiary alicyclic amines) is 1. The Morgan fingerprint density at radius 1 is 1.11 bits per heavy atom. The highest BCUT2D eigenvalue weighted by Crippen LogP contribution is 2.19. The second-order valence-electron chi connectivity index (χ2n) is 7.22. The number of carbonyl (C=O) groups excluding carboxylic acids is 1. The van der Waals surface area contributed by atoms with Crippen LogP contribution < -0.4 is 5.73 Å². The predicted octanol–water partition coefficient (Wildman–Crippen LogP) is 4.17. The molecular formula is C22H31Cl2N3O. The lowest BCUT2D eigenvalue weighted by Crippen LogP contribution is -2.48. The zero-order valence-corrected chi connectivity index (χ0v) is 18.1. The molecule has 0 radical (unpaired) electrons. The lowest BCUT2D eigenvalue weighted by Gasteiger charge is -2.37. The summed E-state index contributed by atoms with van der Waals surface area (Å²) in [6.07, 6.45) is 3.44. The SMILES string of the molecule is CN(C(=O)CCc1ccccc1N)C1CCCN(Cc2ccccc2)C1.Cl.Cl. The average Bonchev–Trinajstić information content (AvgIpc) is 2.67. The van der Waals surface area contributed by atoms with Crippen LogP contribution in [0.3, 0.4) is 0 Å². The van der Waals surface area contributed by atoms with E-state index in [9.17, 15) is 4.79 Å². The van der Waals surface area contributed by atoms with E-state index in [2.05, 4.69) is 35.2 Å². The van der Waals surface area contributed by atoms with Gasteiger partial charge in [0.05, 0.1) is 0 Å². The number of para-hydroxylation sites is 1. The first-order chi connectivity index (χ1) is 12.6. The molecule has 6 heteroatoms. The van der Waals surface area contributed by atoms with Crippen LogP contribution in [0.5, 0.6) is 0 Å². The molecule has 3 rings (SSSR count).